The minimum absolute atomic E-state index is 0.274. The number of carboxylic acids is 1. The zero-order valence-electron chi connectivity index (χ0n) is 10.2. The summed E-state index contributed by atoms with van der Waals surface area (Å²) in [5.74, 6) is -1.02. The van der Waals surface area contributed by atoms with Crippen molar-refractivity contribution in [2.24, 2.45) is 0 Å². The molecule has 2 rings (SSSR count). The molecule has 1 aliphatic heterocycles. The van der Waals surface area contributed by atoms with Crippen LogP contribution in [0.1, 0.15) is 17.7 Å². The third-order valence-electron chi connectivity index (χ3n) is 3.02. The summed E-state index contributed by atoms with van der Waals surface area (Å²) in [4.78, 5) is 27.9. The van der Waals surface area contributed by atoms with E-state index in [1.54, 1.807) is 11.7 Å². The molecule has 0 aliphatic carbocycles. The predicted octanol–water partition coefficient (Wildman–Crippen LogP) is 0.576. The van der Waals surface area contributed by atoms with Gasteiger partial charge in [-0.3, -0.25) is 4.98 Å². The molecule has 1 fully saturated rings. The van der Waals surface area contributed by atoms with Crippen LogP contribution in [0.15, 0.2) is 11.7 Å². The third-order valence-corrected chi connectivity index (χ3v) is 3.79. The zero-order valence-corrected chi connectivity index (χ0v) is 11.0. The van der Waals surface area contributed by atoms with E-state index in [0.717, 1.165) is 4.88 Å². The Balaban J connectivity index is 1.90. The Morgan fingerprint density at radius 2 is 2.21 bits per heavy atom. The van der Waals surface area contributed by atoms with Crippen LogP contribution < -0.4 is 10.6 Å². The van der Waals surface area contributed by atoms with Gasteiger partial charge in [0.2, 0.25) is 0 Å². The lowest BCUT2D eigenvalue weighted by Crippen LogP contribution is -2.59. The molecule has 0 aromatic carbocycles. The molecule has 104 valence electrons. The molecular formula is C11H15N3O4S. The average molecular weight is 285 g/mol. The number of ether oxygens (including phenoxy) is 1. The van der Waals surface area contributed by atoms with Gasteiger partial charge in [0.1, 0.15) is 5.54 Å². The summed E-state index contributed by atoms with van der Waals surface area (Å²) in [6.07, 6.45) is 2.21. The summed E-state index contributed by atoms with van der Waals surface area (Å²) in [6.45, 7) is 1.01. The average Bonchev–Trinajstić information content (AvgIpc) is 2.90. The number of carboxylic acid groups (broad SMARTS) is 1. The van der Waals surface area contributed by atoms with E-state index in [9.17, 15) is 14.7 Å². The van der Waals surface area contributed by atoms with Crippen molar-refractivity contribution < 1.29 is 19.4 Å². The predicted molar refractivity (Wildman–Crippen MR) is 67.9 cm³/mol. The topological polar surface area (TPSA) is 101 Å². The van der Waals surface area contributed by atoms with Crippen molar-refractivity contribution in [3.63, 3.8) is 0 Å². The molecule has 0 unspecified atom stereocenters. The minimum atomic E-state index is -1.23. The minimum Gasteiger partial charge on any atom is -0.480 e. The number of thiazole rings is 1. The molecule has 0 bridgehead atoms. The van der Waals surface area contributed by atoms with E-state index in [0.29, 0.717) is 19.8 Å². The number of hydrogen-bond donors (Lipinski definition) is 3. The van der Waals surface area contributed by atoms with Crippen molar-refractivity contribution in [1.29, 1.82) is 0 Å². The van der Waals surface area contributed by atoms with E-state index in [2.05, 4.69) is 15.6 Å². The first-order valence-corrected chi connectivity index (χ1v) is 6.75. The van der Waals surface area contributed by atoms with Gasteiger partial charge in [0.25, 0.3) is 0 Å². The van der Waals surface area contributed by atoms with E-state index >= 15 is 0 Å². The van der Waals surface area contributed by atoms with Gasteiger partial charge in [-0.1, -0.05) is 0 Å². The summed E-state index contributed by atoms with van der Waals surface area (Å²) in [7, 11) is 0. The number of nitrogens with one attached hydrogen (secondary N) is 2. The molecule has 3 N–H and O–H groups in total. The molecule has 7 nitrogen and oxygen atoms in total. The van der Waals surface area contributed by atoms with Crippen LogP contribution in [0.3, 0.4) is 0 Å². The van der Waals surface area contributed by atoms with Crippen molar-refractivity contribution >= 4 is 23.3 Å². The molecular weight excluding hydrogens is 270 g/mol. The summed E-state index contributed by atoms with van der Waals surface area (Å²) in [5.41, 5.74) is 0.447. The maximum Gasteiger partial charge on any atom is 0.329 e. The number of carbonyl (C=O) groups is 2. The molecule has 0 saturated carbocycles. The van der Waals surface area contributed by atoms with Gasteiger partial charge in [-0.05, 0) is 0 Å². The molecule has 0 spiro atoms. The second kappa shape index (κ2) is 5.98. The monoisotopic (exact) mass is 285 g/mol. The van der Waals surface area contributed by atoms with Crippen LogP contribution in [-0.2, 0) is 16.1 Å². The number of nitrogens with zero attached hydrogens (tertiary/aromatic N) is 1. The number of amides is 2. The fraction of sp³-hybridized carbons (Fsp3) is 0.545. The first-order valence-electron chi connectivity index (χ1n) is 5.87. The lowest BCUT2D eigenvalue weighted by molar-refractivity contribution is -0.148. The highest BCUT2D eigenvalue weighted by atomic mass is 32.1. The fourth-order valence-corrected chi connectivity index (χ4v) is 2.40. The smallest absolute Gasteiger partial charge is 0.329 e. The molecule has 8 heteroatoms. The Morgan fingerprint density at radius 1 is 1.47 bits per heavy atom. The number of aromatic nitrogens is 1. The van der Waals surface area contributed by atoms with Crippen LogP contribution in [0.4, 0.5) is 4.79 Å². The number of aliphatic carboxylic acids is 1. The fourth-order valence-electron chi connectivity index (χ4n) is 1.87. The van der Waals surface area contributed by atoms with Crippen LogP contribution in [-0.4, -0.2) is 40.8 Å². The van der Waals surface area contributed by atoms with E-state index in [1.165, 1.54) is 11.3 Å². The maximum atomic E-state index is 11.8. The zero-order chi connectivity index (χ0) is 13.7. The molecule has 1 saturated heterocycles. The second-order valence-electron chi connectivity index (χ2n) is 4.28. The van der Waals surface area contributed by atoms with E-state index in [-0.39, 0.29) is 12.8 Å². The Bertz CT molecular complexity index is 443. The highest BCUT2D eigenvalue weighted by molar-refractivity contribution is 7.09. The molecule has 2 heterocycles. The largest absolute Gasteiger partial charge is 0.480 e. The summed E-state index contributed by atoms with van der Waals surface area (Å²) in [5, 5.41) is 14.5. The molecule has 1 aromatic heterocycles. The van der Waals surface area contributed by atoms with Gasteiger partial charge in [-0.25, -0.2) is 9.59 Å². The number of carbonyl (C=O) groups excluding carboxylic acids is 1. The van der Waals surface area contributed by atoms with Gasteiger partial charge in [-0.15, -0.1) is 11.3 Å². The molecule has 0 radical (unpaired) electrons. The number of rotatable bonds is 4. The van der Waals surface area contributed by atoms with Crippen LogP contribution in [0, 0.1) is 0 Å². The standard InChI is InChI=1S/C11H15N3O4S/c15-9(16)11(1-3-18-4-2-11)14-10(17)13-6-8-5-12-7-19-8/h5,7H,1-4,6H2,(H,15,16)(H2,13,14,17). The van der Waals surface area contributed by atoms with Crippen molar-refractivity contribution in [1.82, 2.24) is 15.6 Å². The summed E-state index contributed by atoms with van der Waals surface area (Å²) < 4.78 is 5.13. The molecule has 1 aromatic rings. The SMILES string of the molecule is O=C(NCc1cncs1)NC1(C(=O)O)CCOCC1. The van der Waals surface area contributed by atoms with Crippen LogP contribution in [0.25, 0.3) is 0 Å². The van der Waals surface area contributed by atoms with Crippen LogP contribution in [0.2, 0.25) is 0 Å². The maximum absolute atomic E-state index is 11.8. The Kier molecular flexibility index (Phi) is 4.33. The van der Waals surface area contributed by atoms with Gasteiger partial charge in [0.15, 0.2) is 0 Å². The van der Waals surface area contributed by atoms with Gasteiger partial charge < -0.3 is 20.5 Å². The van der Waals surface area contributed by atoms with Gasteiger partial charge >= 0.3 is 12.0 Å². The molecule has 19 heavy (non-hydrogen) atoms. The lowest BCUT2D eigenvalue weighted by Gasteiger charge is -2.33. The number of hydrogen-bond acceptors (Lipinski definition) is 5. The van der Waals surface area contributed by atoms with Gasteiger partial charge in [0.05, 0.1) is 12.1 Å². The highest BCUT2D eigenvalue weighted by Crippen LogP contribution is 2.20. The second-order valence-corrected chi connectivity index (χ2v) is 5.25. The molecule has 2 amide bonds. The number of urea groups is 1. The van der Waals surface area contributed by atoms with Crippen molar-refractivity contribution in [2.45, 2.75) is 24.9 Å². The molecule has 1 aliphatic rings. The van der Waals surface area contributed by atoms with Crippen LogP contribution >= 0.6 is 11.3 Å². The normalized spacial score (nSPS) is 17.7. The van der Waals surface area contributed by atoms with Gasteiger partial charge in [0, 0.05) is 37.1 Å². The van der Waals surface area contributed by atoms with Crippen molar-refractivity contribution in [3.05, 3.63) is 16.6 Å². The first kappa shape index (κ1) is 13.8. The van der Waals surface area contributed by atoms with E-state index in [4.69, 9.17) is 4.74 Å². The quantitative estimate of drug-likeness (QED) is 0.751. The van der Waals surface area contributed by atoms with Crippen molar-refractivity contribution in [2.75, 3.05) is 13.2 Å². The van der Waals surface area contributed by atoms with E-state index in [1.807, 2.05) is 0 Å². The summed E-state index contributed by atoms with van der Waals surface area (Å²) in [6, 6.07) is -0.488. The lowest BCUT2D eigenvalue weighted by atomic mass is 9.90. The van der Waals surface area contributed by atoms with Gasteiger partial charge in [-0.2, -0.15) is 0 Å². The third kappa shape index (κ3) is 3.42. The summed E-state index contributed by atoms with van der Waals surface area (Å²) >= 11 is 1.43. The Hall–Kier alpha value is -1.67. The first-order chi connectivity index (χ1) is 9.12. The Morgan fingerprint density at radius 3 is 2.79 bits per heavy atom. The van der Waals surface area contributed by atoms with Crippen LogP contribution in [0.5, 0.6) is 0 Å². The van der Waals surface area contributed by atoms with E-state index < -0.39 is 17.5 Å². The van der Waals surface area contributed by atoms with Crippen molar-refractivity contribution in [3.8, 4) is 0 Å². The highest BCUT2D eigenvalue weighted by Gasteiger charge is 2.41. The Labute approximate surface area is 114 Å². The molecule has 0 atom stereocenters.